The van der Waals surface area contributed by atoms with Crippen LogP contribution in [0.4, 0.5) is 5.69 Å². The standard InChI is InChI=1S/C18H18Cl2N2O4/c1-11-7-15(16(25-2)8-14(11)20)22-17(23)9-21-18(24)10-26-13-5-3-12(19)4-6-13/h3-8H,9-10H2,1-2H3,(H,21,24)(H,22,23). The SMILES string of the molecule is COc1cc(Cl)c(C)cc1NC(=O)CNC(=O)COc1ccc(Cl)cc1. The van der Waals surface area contributed by atoms with Crippen LogP contribution in [0.1, 0.15) is 5.56 Å². The molecule has 0 fully saturated rings. The third-order valence-corrected chi connectivity index (χ3v) is 4.04. The van der Waals surface area contributed by atoms with Crippen LogP contribution in [0, 0.1) is 6.92 Å². The van der Waals surface area contributed by atoms with E-state index in [2.05, 4.69) is 10.6 Å². The van der Waals surface area contributed by atoms with Crippen LogP contribution in [0.2, 0.25) is 10.0 Å². The van der Waals surface area contributed by atoms with Crippen LogP contribution >= 0.6 is 23.2 Å². The molecule has 0 aliphatic rings. The monoisotopic (exact) mass is 396 g/mol. The van der Waals surface area contributed by atoms with Crippen molar-refractivity contribution in [1.29, 1.82) is 0 Å². The zero-order chi connectivity index (χ0) is 19.1. The number of methoxy groups -OCH3 is 1. The van der Waals surface area contributed by atoms with Gasteiger partial charge in [-0.2, -0.15) is 0 Å². The summed E-state index contributed by atoms with van der Waals surface area (Å²) in [5.41, 5.74) is 1.27. The lowest BCUT2D eigenvalue weighted by molar-refractivity contribution is -0.125. The summed E-state index contributed by atoms with van der Waals surface area (Å²) < 4.78 is 10.5. The van der Waals surface area contributed by atoms with Crippen LogP contribution in [-0.4, -0.2) is 32.1 Å². The molecule has 8 heteroatoms. The van der Waals surface area contributed by atoms with E-state index in [-0.39, 0.29) is 13.2 Å². The number of anilines is 1. The molecule has 2 N–H and O–H groups in total. The Bertz CT molecular complexity index is 795. The Morgan fingerprint density at radius 1 is 1.08 bits per heavy atom. The zero-order valence-corrected chi connectivity index (χ0v) is 15.8. The van der Waals surface area contributed by atoms with E-state index in [1.54, 1.807) is 36.4 Å². The molecule has 2 aromatic carbocycles. The van der Waals surface area contributed by atoms with Gasteiger partial charge in [-0.3, -0.25) is 9.59 Å². The quantitative estimate of drug-likeness (QED) is 0.751. The van der Waals surface area contributed by atoms with Gasteiger partial charge in [-0.25, -0.2) is 0 Å². The summed E-state index contributed by atoms with van der Waals surface area (Å²) in [4.78, 5) is 23.8. The lowest BCUT2D eigenvalue weighted by Gasteiger charge is -2.13. The highest BCUT2D eigenvalue weighted by Gasteiger charge is 2.11. The first-order chi connectivity index (χ1) is 12.4. The Labute approximate surface area is 161 Å². The molecule has 0 saturated heterocycles. The van der Waals surface area contributed by atoms with Crippen molar-refractivity contribution in [3.63, 3.8) is 0 Å². The normalized spacial score (nSPS) is 10.2. The highest BCUT2D eigenvalue weighted by Crippen LogP contribution is 2.30. The van der Waals surface area contributed by atoms with Gasteiger partial charge in [0.2, 0.25) is 5.91 Å². The first-order valence-corrected chi connectivity index (χ1v) is 8.43. The second-order valence-electron chi connectivity index (χ2n) is 5.37. The number of benzene rings is 2. The van der Waals surface area contributed by atoms with E-state index in [4.69, 9.17) is 32.7 Å². The van der Waals surface area contributed by atoms with E-state index in [1.807, 2.05) is 6.92 Å². The first-order valence-electron chi connectivity index (χ1n) is 7.68. The number of rotatable bonds is 7. The third kappa shape index (κ3) is 5.82. The van der Waals surface area contributed by atoms with Crippen molar-refractivity contribution in [2.24, 2.45) is 0 Å². The largest absolute Gasteiger partial charge is 0.495 e. The Hall–Kier alpha value is -2.44. The summed E-state index contributed by atoms with van der Waals surface area (Å²) in [5.74, 6) is 0.126. The van der Waals surface area contributed by atoms with Gasteiger partial charge in [-0.15, -0.1) is 0 Å². The van der Waals surface area contributed by atoms with Crippen LogP contribution in [0.5, 0.6) is 11.5 Å². The summed E-state index contributed by atoms with van der Waals surface area (Å²) in [6.45, 7) is 1.40. The van der Waals surface area contributed by atoms with Crippen LogP contribution in [0.25, 0.3) is 0 Å². The maximum atomic E-state index is 12.0. The van der Waals surface area contributed by atoms with E-state index < -0.39 is 11.8 Å². The average Bonchev–Trinajstić information content (AvgIpc) is 2.62. The molecule has 0 atom stereocenters. The van der Waals surface area contributed by atoms with Gasteiger partial charge in [0.25, 0.3) is 5.91 Å². The summed E-state index contributed by atoms with van der Waals surface area (Å²) in [7, 11) is 1.48. The Morgan fingerprint density at radius 2 is 1.77 bits per heavy atom. The molecular weight excluding hydrogens is 379 g/mol. The second kappa shape index (κ2) is 9.31. The Kier molecular flexibility index (Phi) is 7.12. The highest BCUT2D eigenvalue weighted by molar-refractivity contribution is 6.31. The number of amides is 2. The van der Waals surface area contributed by atoms with E-state index >= 15 is 0 Å². The molecule has 2 amide bonds. The van der Waals surface area contributed by atoms with Crippen LogP contribution in [0.3, 0.4) is 0 Å². The van der Waals surface area contributed by atoms with Gasteiger partial charge >= 0.3 is 0 Å². The van der Waals surface area contributed by atoms with Crippen molar-refractivity contribution in [1.82, 2.24) is 5.32 Å². The topological polar surface area (TPSA) is 76.7 Å². The van der Waals surface area contributed by atoms with Crippen molar-refractivity contribution >= 4 is 40.7 Å². The fourth-order valence-corrected chi connectivity index (χ4v) is 2.31. The minimum atomic E-state index is -0.422. The van der Waals surface area contributed by atoms with Gasteiger partial charge in [0.15, 0.2) is 6.61 Å². The van der Waals surface area contributed by atoms with Crippen LogP contribution in [-0.2, 0) is 9.59 Å². The lowest BCUT2D eigenvalue weighted by Crippen LogP contribution is -2.35. The van der Waals surface area contributed by atoms with Gasteiger partial charge in [0.1, 0.15) is 11.5 Å². The fourth-order valence-electron chi connectivity index (χ4n) is 2.03. The van der Waals surface area contributed by atoms with Crippen molar-refractivity contribution in [2.45, 2.75) is 6.92 Å². The van der Waals surface area contributed by atoms with E-state index in [1.165, 1.54) is 7.11 Å². The lowest BCUT2D eigenvalue weighted by atomic mass is 10.2. The van der Waals surface area contributed by atoms with Gasteiger partial charge in [-0.1, -0.05) is 23.2 Å². The molecule has 6 nitrogen and oxygen atoms in total. The smallest absolute Gasteiger partial charge is 0.258 e. The number of halogens is 2. The number of aryl methyl sites for hydroxylation is 1. The molecule has 0 bridgehead atoms. The van der Waals surface area contributed by atoms with Crippen LogP contribution < -0.4 is 20.1 Å². The van der Waals surface area contributed by atoms with E-state index in [9.17, 15) is 9.59 Å². The predicted molar refractivity (Wildman–Crippen MR) is 101 cm³/mol. The molecule has 0 saturated carbocycles. The number of hydrogen-bond acceptors (Lipinski definition) is 4. The summed E-state index contributed by atoms with van der Waals surface area (Å²) in [5, 5.41) is 6.26. The predicted octanol–water partition coefficient (Wildman–Crippen LogP) is 3.44. The molecule has 0 unspecified atom stereocenters. The van der Waals surface area contributed by atoms with Gasteiger partial charge < -0.3 is 20.1 Å². The molecule has 0 radical (unpaired) electrons. The maximum Gasteiger partial charge on any atom is 0.258 e. The minimum absolute atomic E-state index is 0.201. The Morgan fingerprint density at radius 3 is 2.42 bits per heavy atom. The summed E-state index contributed by atoms with van der Waals surface area (Å²) in [6, 6.07) is 9.93. The van der Waals surface area contributed by atoms with E-state index in [0.29, 0.717) is 27.2 Å². The number of ether oxygens (including phenoxy) is 2. The zero-order valence-electron chi connectivity index (χ0n) is 14.3. The number of carbonyl (C=O) groups excluding carboxylic acids is 2. The van der Waals surface area contributed by atoms with Gasteiger partial charge in [-0.05, 0) is 42.8 Å². The van der Waals surface area contributed by atoms with Gasteiger partial charge in [0, 0.05) is 16.1 Å². The molecule has 2 aromatic rings. The Balaban J connectivity index is 1.82. The van der Waals surface area contributed by atoms with Crippen molar-refractivity contribution < 1.29 is 19.1 Å². The van der Waals surface area contributed by atoms with E-state index in [0.717, 1.165) is 5.56 Å². The van der Waals surface area contributed by atoms with Crippen LogP contribution in [0.15, 0.2) is 36.4 Å². The molecule has 0 aliphatic carbocycles. The molecule has 0 heterocycles. The van der Waals surface area contributed by atoms with Gasteiger partial charge in [0.05, 0.1) is 19.3 Å². The average molecular weight is 397 g/mol. The number of hydrogen-bond donors (Lipinski definition) is 2. The number of carbonyl (C=O) groups is 2. The van der Waals surface area contributed by atoms with Crippen molar-refractivity contribution in [3.8, 4) is 11.5 Å². The molecule has 0 aromatic heterocycles. The highest BCUT2D eigenvalue weighted by atomic mass is 35.5. The maximum absolute atomic E-state index is 12.0. The third-order valence-electron chi connectivity index (χ3n) is 3.38. The summed E-state index contributed by atoms with van der Waals surface area (Å²) >= 11 is 11.8. The van der Waals surface area contributed by atoms with Crippen molar-refractivity contribution in [2.75, 3.05) is 25.6 Å². The molecule has 26 heavy (non-hydrogen) atoms. The molecule has 138 valence electrons. The first kappa shape index (κ1) is 19.9. The molecular formula is C18H18Cl2N2O4. The molecule has 0 aliphatic heterocycles. The molecule has 2 rings (SSSR count). The fraction of sp³-hybridized carbons (Fsp3) is 0.222. The minimum Gasteiger partial charge on any atom is -0.495 e. The van der Waals surface area contributed by atoms with Crippen molar-refractivity contribution in [3.05, 3.63) is 52.0 Å². The summed E-state index contributed by atoms with van der Waals surface area (Å²) in [6.07, 6.45) is 0. The molecule has 0 spiro atoms. The second-order valence-corrected chi connectivity index (χ2v) is 6.21. The number of nitrogens with one attached hydrogen (secondary N) is 2.